The molecule has 0 amide bonds. The molecule has 2 aromatic carbocycles. The summed E-state index contributed by atoms with van der Waals surface area (Å²) < 4.78 is 0. The first-order valence-corrected chi connectivity index (χ1v) is 15.5. The van der Waals surface area contributed by atoms with Crippen LogP contribution in [0, 0.1) is 48.9 Å². The van der Waals surface area contributed by atoms with E-state index in [2.05, 4.69) is 96.3 Å². The van der Waals surface area contributed by atoms with Gasteiger partial charge in [0.1, 0.15) is 0 Å². The van der Waals surface area contributed by atoms with Crippen LogP contribution in [0.25, 0.3) is 17.2 Å². The highest BCUT2D eigenvalue weighted by Gasteiger charge is 2.39. The zero-order valence-electron chi connectivity index (χ0n) is 25.1. The molecule has 6 rings (SSSR count). The first-order valence-electron chi connectivity index (χ1n) is 15.5. The summed E-state index contributed by atoms with van der Waals surface area (Å²) in [6, 6.07) is 11.9. The molecule has 0 aromatic heterocycles. The molecule has 0 N–H and O–H groups in total. The smallest absolute Gasteiger partial charge is 0.00827 e. The molecule has 204 valence electrons. The van der Waals surface area contributed by atoms with Gasteiger partial charge in [0, 0.05) is 5.92 Å². The first-order chi connectivity index (χ1) is 18.6. The molecule has 0 saturated heterocycles. The van der Waals surface area contributed by atoms with E-state index in [0.29, 0.717) is 17.3 Å². The van der Waals surface area contributed by atoms with Crippen molar-refractivity contribution in [2.75, 3.05) is 0 Å². The van der Waals surface area contributed by atoms with Crippen LogP contribution in [0.5, 0.6) is 0 Å². The number of rotatable bonds is 6. The number of hydrogen-bond acceptors (Lipinski definition) is 0. The number of aryl methyl sites for hydroxylation is 2. The second-order valence-corrected chi connectivity index (χ2v) is 14.7. The van der Waals surface area contributed by atoms with E-state index in [1.54, 1.807) is 5.56 Å². The summed E-state index contributed by atoms with van der Waals surface area (Å²) in [5.41, 5.74) is 14.8. The summed E-state index contributed by atoms with van der Waals surface area (Å²) >= 11 is 0. The molecule has 0 heterocycles. The average molecular weight is 517 g/mol. The van der Waals surface area contributed by atoms with Gasteiger partial charge < -0.3 is 0 Å². The van der Waals surface area contributed by atoms with Crippen molar-refractivity contribution in [3.8, 4) is 11.1 Å². The van der Waals surface area contributed by atoms with Gasteiger partial charge in [0.25, 0.3) is 0 Å². The third-order valence-corrected chi connectivity index (χ3v) is 10.4. The van der Waals surface area contributed by atoms with Gasteiger partial charge in [-0.3, -0.25) is 0 Å². The third-order valence-electron chi connectivity index (χ3n) is 10.4. The van der Waals surface area contributed by atoms with E-state index in [1.807, 2.05) is 0 Å². The molecule has 0 heteroatoms. The fourth-order valence-electron chi connectivity index (χ4n) is 8.58. The fourth-order valence-corrected chi connectivity index (χ4v) is 8.58. The normalized spacial score (nSPS) is 27.8. The number of hydrogen-bond donors (Lipinski definition) is 0. The van der Waals surface area contributed by atoms with E-state index in [4.69, 9.17) is 0 Å². The van der Waals surface area contributed by atoms with Crippen molar-refractivity contribution in [1.82, 2.24) is 0 Å². The van der Waals surface area contributed by atoms with Crippen LogP contribution < -0.4 is 0 Å². The van der Waals surface area contributed by atoms with Gasteiger partial charge in [0.2, 0.25) is 0 Å². The van der Waals surface area contributed by atoms with Crippen molar-refractivity contribution in [2.45, 2.75) is 86.0 Å². The Hall–Kier alpha value is -2.60. The molecule has 0 aliphatic heterocycles. The molecule has 2 bridgehead atoms. The van der Waals surface area contributed by atoms with Gasteiger partial charge in [-0.15, -0.1) is 0 Å². The first kappa shape index (κ1) is 26.6. The summed E-state index contributed by atoms with van der Waals surface area (Å²) in [4.78, 5) is 0. The van der Waals surface area contributed by atoms with Crippen molar-refractivity contribution in [2.24, 2.45) is 35.0 Å². The largest absolute Gasteiger partial charge is 0.0986 e. The highest BCUT2D eigenvalue weighted by Crippen LogP contribution is 2.51. The van der Waals surface area contributed by atoms with E-state index in [9.17, 15) is 0 Å². The second kappa shape index (κ2) is 10.1. The maximum Gasteiger partial charge on any atom is 0.00827 e. The molecule has 4 aliphatic carbocycles. The minimum atomic E-state index is 0.292. The Bertz CT molecular complexity index is 1370. The summed E-state index contributed by atoms with van der Waals surface area (Å²) in [5, 5.41) is 0. The Morgan fingerprint density at radius 1 is 0.949 bits per heavy atom. The topological polar surface area (TPSA) is 0 Å². The molecule has 2 saturated carbocycles. The van der Waals surface area contributed by atoms with Gasteiger partial charge >= 0.3 is 0 Å². The van der Waals surface area contributed by atoms with Gasteiger partial charge in [-0.1, -0.05) is 106 Å². The molecule has 2 aromatic rings. The van der Waals surface area contributed by atoms with Crippen LogP contribution in [0.4, 0.5) is 0 Å². The lowest BCUT2D eigenvalue weighted by Crippen LogP contribution is -2.21. The van der Waals surface area contributed by atoms with Gasteiger partial charge in [-0.2, -0.15) is 0 Å². The number of fused-ring (bicyclic) bond motifs is 3. The van der Waals surface area contributed by atoms with Crippen LogP contribution in [0.1, 0.15) is 87.1 Å². The number of allylic oxidation sites excluding steroid dienone is 5. The Morgan fingerprint density at radius 2 is 1.77 bits per heavy atom. The Kier molecular flexibility index (Phi) is 6.89. The van der Waals surface area contributed by atoms with Crippen molar-refractivity contribution in [3.05, 3.63) is 100 Å². The molecule has 4 aliphatic rings. The highest BCUT2D eigenvalue weighted by molar-refractivity contribution is 5.80. The molecule has 39 heavy (non-hydrogen) atoms. The van der Waals surface area contributed by atoms with Gasteiger partial charge in [0.05, 0.1) is 0 Å². The van der Waals surface area contributed by atoms with Gasteiger partial charge in [0.15, 0.2) is 0 Å². The predicted octanol–water partition coefficient (Wildman–Crippen LogP) is 10.6. The van der Waals surface area contributed by atoms with Crippen LogP contribution in [-0.2, 0) is 12.8 Å². The van der Waals surface area contributed by atoms with E-state index < -0.39 is 0 Å². The minimum Gasteiger partial charge on any atom is -0.0986 e. The van der Waals surface area contributed by atoms with Crippen LogP contribution in [0.3, 0.4) is 0 Å². The lowest BCUT2D eigenvalue weighted by atomic mass is 9.71. The fraction of sp³-hybridized carbons (Fsp3) is 0.487. The molecule has 5 unspecified atom stereocenters. The van der Waals surface area contributed by atoms with Crippen molar-refractivity contribution in [3.63, 3.8) is 0 Å². The van der Waals surface area contributed by atoms with E-state index in [1.165, 1.54) is 82.2 Å². The Labute approximate surface area is 238 Å². The van der Waals surface area contributed by atoms with E-state index >= 15 is 0 Å². The lowest BCUT2D eigenvalue weighted by molar-refractivity contribution is 0.331. The molecule has 5 atom stereocenters. The molecular formula is C39H48. The molecule has 0 spiro atoms. The minimum absolute atomic E-state index is 0.292. The Morgan fingerprint density at radius 3 is 2.49 bits per heavy atom. The zero-order valence-corrected chi connectivity index (χ0v) is 25.1. The summed E-state index contributed by atoms with van der Waals surface area (Å²) in [6.45, 7) is 20.7. The average Bonchev–Trinajstić information content (AvgIpc) is 3.59. The summed E-state index contributed by atoms with van der Waals surface area (Å²) in [7, 11) is 0. The predicted molar refractivity (Wildman–Crippen MR) is 169 cm³/mol. The highest BCUT2D eigenvalue weighted by atomic mass is 14.4. The van der Waals surface area contributed by atoms with Crippen LogP contribution >= 0.6 is 0 Å². The molecule has 0 radical (unpaired) electrons. The van der Waals surface area contributed by atoms with Gasteiger partial charge in [-0.05, 0) is 127 Å². The lowest BCUT2D eigenvalue weighted by Gasteiger charge is -2.33. The van der Waals surface area contributed by atoms with Crippen molar-refractivity contribution in [1.29, 1.82) is 0 Å². The number of benzene rings is 2. The van der Waals surface area contributed by atoms with E-state index in [-0.39, 0.29) is 0 Å². The van der Waals surface area contributed by atoms with Crippen LogP contribution in [0.2, 0.25) is 0 Å². The quantitative estimate of drug-likeness (QED) is 0.335. The Balaban J connectivity index is 1.26. The van der Waals surface area contributed by atoms with Crippen LogP contribution in [-0.4, -0.2) is 0 Å². The monoisotopic (exact) mass is 516 g/mol. The summed E-state index contributed by atoms with van der Waals surface area (Å²) in [6.07, 6.45) is 17.5. The van der Waals surface area contributed by atoms with E-state index in [0.717, 1.165) is 37.0 Å². The SMILES string of the molecule is C=C1C=CC(CC(C)(C)C)C(=C)C1CC1=Cc2cccc(-c3cc(C)cc(C)c3CC3CC4CCC3C4)c2C1. The van der Waals surface area contributed by atoms with Crippen molar-refractivity contribution >= 4 is 6.08 Å². The maximum atomic E-state index is 4.62. The molecular weight excluding hydrogens is 468 g/mol. The zero-order chi connectivity index (χ0) is 27.5. The van der Waals surface area contributed by atoms with Gasteiger partial charge in [-0.25, -0.2) is 0 Å². The van der Waals surface area contributed by atoms with Crippen LogP contribution in [0.15, 0.2) is 72.4 Å². The standard InChI is InChI=1S/C39H48/c1-24-15-26(3)36(22-33-18-28-12-14-30(33)17-28)38(16-24)34-10-8-9-31-19-29(21-37(31)34)20-35-25(2)11-13-32(27(35)4)23-39(5,6)7/h8-11,13,15-16,19,28,30,32-33,35H,2,4,12,14,17-18,20-23H2,1,3,5-7H3. The van der Waals surface area contributed by atoms with Crippen molar-refractivity contribution < 1.29 is 0 Å². The third kappa shape index (κ3) is 5.29. The molecule has 0 nitrogen and oxygen atoms in total. The summed E-state index contributed by atoms with van der Waals surface area (Å²) in [5.74, 6) is 3.65. The maximum absolute atomic E-state index is 4.62. The second-order valence-electron chi connectivity index (χ2n) is 14.7. The molecule has 2 fully saturated rings.